The minimum atomic E-state index is -4.76. The van der Waals surface area contributed by atoms with E-state index >= 15 is 0 Å². The lowest BCUT2D eigenvalue weighted by Gasteiger charge is -2.18. The molecule has 1 N–H and O–H groups in total. The highest BCUT2D eigenvalue weighted by atomic mass is 35.5. The zero-order valence-electron chi connectivity index (χ0n) is 16.7. The van der Waals surface area contributed by atoms with E-state index in [0.717, 1.165) is 17.1 Å². The Morgan fingerprint density at radius 1 is 1.06 bits per heavy atom. The van der Waals surface area contributed by atoms with Crippen LogP contribution in [0.4, 0.5) is 13.2 Å². The molecule has 12 heteroatoms. The summed E-state index contributed by atoms with van der Waals surface area (Å²) in [6, 6.07) is 14.2. The van der Waals surface area contributed by atoms with Crippen molar-refractivity contribution in [1.82, 2.24) is 19.1 Å². The van der Waals surface area contributed by atoms with Gasteiger partial charge in [-0.2, -0.15) is 13.2 Å². The number of hydrogen-bond donors (Lipinski definition) is 1. The maximum Gasteiger partial charge on any atom is 0.406 e. The van der Waals surface area contributed by atoms with Crippen molar-refractivity contribution in [2.45, 2.75) is 18.5 Å². The van der Waals surface area contributed by atoms with Crippen LogP contribution in [0.25, 0.3) is 16.7 Å². The molecular weight excluding hydrogens is 481 g/mol. The molecule has 0 saturated heterocycles. The van der Waals surface area contributed by atoms with Crippen molar-refractivity contribution < 1.29 is 21.9 Å². The Morgan fingerprint density at radius 2 is 1.73 bits per heavy atom. The number of nitrogens with zero attached hydrogens (tertiary/aromatic N) is 4. The summed E-state index contributed by atoms with van der Waals surface area (Å²) in [6.45, 7) is -1.66. The second kappa shape index (κ2) is 8.65. The lowest BCUT2D eigenvalue weighted by molar-refractivity contribution is -0.140. The van der Waals surface area contributed by atoms with Gasteiger partial charge in [0.2, 0.25) is 0 Å². The fraction of sp³-hybridized carbons (Fsp3) is 0.143. The molecule has 1 unspecified atom stereocenters. The van der Waals surface area contributed by atoms with Crippen molar-refractivity contribution in [2.75, 3.05) is 0 Å². The smallest absolute Gasteiger partial charge is 0.312 e. The van der Waals surface area contributed by atoms with Crippen molar-refractivity contribution in [2.24, 2.45) is 0 Å². The zero-order valence-corrected chi connectivity index (χ0v) is 18.3. The summed E-state index contributed by atoms with van der Waals surface area (Å²) < 4.78 is 65.6. The molecule has 0 spiro atoms. The van der Waals surface area contributed by atoms with Crippen LogP contribution < -0.4 is 5.69 Å². The van der Waals surface area contributed by atoms with Crippen molar-refractivity contribution in [3.05, 3.63) is 92.8 Å². The van der Waals surface area contributed by atoms with Crippen LogP contribution in [0.3, 0.4) is 0 Å². The third kappa shape index (κ3) is 4.65. The van der Waals surface area contributed by atoms with Crippen molar-refractivity contribution >= 4 is 32.4 Å². The first-order valence-corrected chi connectivity index (χ1v) is 11.5. The summed E-state index contributed by atoms with van der Waals surface area (Å²) in [6.07, 6.45) is -2.68. The van der Waals surface area contributed by atoms with E-state index in [9.17, 15) is 26.7 Å². The maximum absolute atomic E-state index is 13.7. The number of rotatable bonds is 4. The summed E-state index contributed by atoms with van der Waals surface area (Å²) in [7, 11) is -4.04. The van der Waals surface area contributed by atoms with Crippen LogP contribution in [0.1, 0.15) is 5.56 Å². The van der Waals surface area contributed by atoms with Gasteiger partial charge >= 0.3 is 11.9 Å². The summed E-state index contributed by atoms with van der Waals surface area (Å²) in [5.74, 6) is -0.398. The van der Waals surface area contributed by atoms with E-state index in [1.165, 1.54) is 18.2 Å². The van der Waals surface area contributed by atoms with Gasteiger partial charge < -0.3 is 4.55 Å². The third-order valence-corrected chi connectivity index (χ3v) is 6.79. The van der Waals surface area contributed by atoms with Crippen molar-refractivity contribution in [1.29, 1.82) is 0 Å². The molecule has 33 heavy (non-hydrogen) atoms. The summed E-state index contributed by atoms with van der Waals surface area (Å²) in [5, 5.41) is -0.171. The SMILES string of the molecule is O=c1n(-c2ccccc2Cl)c(=S(=O)(O)Cc2ccccc2)c2cncnc2n1CC(F)(F)F. The number of halogens is 4. The van der Waals surface area contributed by atoms with E-state index < -0.39 is 44.3 Å². The Hall–Kier alpha value is -3.15. The van der Waals surface area contributed by atoms with Crippen LogP contribution in [0.2, 0.25) is 5.02 Å². The largest absolute Gasteiger partial charge is 0.406 e. The Kier molecular flexibility index (Phi) is 6.04. The average molecular weight is 497 g/mol. The topological polar surface area (TPSA) is 90.0 Å². The first-order chi connectivity index (χ1) is 15.6. The molecule has 0 aliphatic carbocycles. The number of para-hydroxylation sites is 1. The van der Waals surface area contributed by atoms with E-state index in [0.29, 0.717) is 10.1 Å². The van der Waals surface area contributed by atoms with E-state index in [1.807, 2.05) is 0 Å². The number of fused-ring (bicyclic) bond motifs is 1. The molecule has 0 amide bonds. The summed E-state index contributed by atoms with van der Waals surface area (Å²) in [5.41, 5.74) is -1.19. The molecule has 1 atom stereocenters. The Labute approximate surface area is 190 Å². The molecule has 0 aliphatic heterocycles. The fourth-order valence-corrected chi connectivity index (χ4v) is 5.41. The van der Waals surface area contributed by atoms with Gasteiger partial charge in [0.1, 0.15) is 33.0 Å². The molecule has 2 aromatic heterocycles. The van der Waals surface area contributed by atoms with Gasteiger partial charge in [-0.15, -0.1) is 0 Å². The molecule has 0 aliphatic rings. The average Bonchev–Trinajstić information content (AvgIpc) is 2.75. The van der Waals surface area contributed by atoms with Crippen LogP contribution in [0, 0.1) is 4.64 Å². The molecule has 7 nitrogen and oxygen atoms in total. The van der Waals surface area contributed by atoms with Crippen LogP contribution in [-0.2, 0) is 22.1 Å². The van der Waals surface area contributed by atoms with E-state index in [2.05, 4.69) is 9.97 Å². The predicted molar refractivity (Wildman–Crippen MR) is 118 cm³/mol. The van der Waals surface area contributed by atoms with Gasteiger partial charge in [0.05, 0.1) is 21.8 Å². The van der Waals surface area contributed by atoms with Crippen LogP contribution in [0.15, 0.2) is 71.9 Å². The molecule has 2 aromatic carbocycles. The monoisotopic (exact) mass is 496 g/mol. The fourth-order valence-electron chi connectivity index (χ4n) is 3.46. The van der Waals surface area contributed by atoms with E-state index in [1.54, 1.807) is 36.4 Å². The van der Waals surface area contributed by atoms with E-state index in [4.69, 9.17) is 11.6 Å². The summed E-state index contributed by atoms with van der Waals surface area (Å²) in [4.78, 5) is 21.1. The van der Waals surface area contributed by atoms with Gasteiger partial charge in [-0.3, -0.25) is 9.13 Å². The predicted octanol–water partition coefficient (Wildman–Crippen LogP) is 4.29. The van der Waals surface area contributed by atoms with Gasteiger partial charge in [0.25, 0.3) is 0 Å². The molecule has 4 aromatic rings. The number of aromatic nitrogens is 4. The second-order valence-corrected chi connectivity index (χ2v) is 9.47. The first kappa shape index (κ1) is 23.0. The van der Waals surface area contributed by atoms with Gasteiger partial charge in [-0.1, -0.05) is 54.1 Å². The Bertz CT molecular complexity index is 1560. The molecule has 0 fully saturated rings. The Morgan fingerprint density at radius 3 is 2.39 bits per heavy atom. The summed E-state index contributed by atoms with van der Waals surface area (Å²) >= 11 is 6.25. The first-order valence-electron chi connectivity index (χ1n) is 9.47. The van der Waals surface area contributed by atoms with Crippen LogP contribution >= 0.6 is 11.6 Å². The molecule has 0 saturated carbocycles. The standard InChI is InChI=1S/C21H16ClF3N4O3S/c22-16-8-4-5-9-17(16)29-19(33(31,32)11-14-6-2-1-3-7-14)15-10-26-13-27-18(15)28(20(29)30)12-21(23,24)25/h1-10,13H,11-12H2,(H,31,32). The third-order valence-electron chi connectivity index (χ3n) is 4.74. The van der Waals surface area contributed by atoms with E-state index in [-0.39, 0.29) is 16.1 Å². The van der Waals surface area contributed by atoms with Crippen molar-refractivity contribution in [3.63, 3.8) is 0 Å². The van der Waals surface area contributed by atoms with Gasteiger partial charge in [0.15, 0.2) is 0 Å². The molecule has 2 heterocycles. The zero-order chi connectivity index (χ0) is 23.8. The number of hydrogen-bond acceptors (Lipinski definition) is 4. The molecule has 172 valence electrons. The molecule has 0 bridgehead atoms. The number of alkyl halides is 3. The lowest BCUT2D eigenvalue weighted by atomic mass is 10.2. The minimum absolute atomic E-state index is 0.00511. The molecule has 4 rings (SSSR count). The highest BCUT2D eigenvalue weighted by Crippen LogP contribution is 2.25. The van der Waals surface area contributed by atoms with Gasteiger partial charge in [0, 0.05) is 6.20 Å². The van der Waals surface area contributed by atoms with Crippen molar-refractivity contribution in [3.8, 4) is 5.69 Å². The molecule has 0 radical (unpaired) electrons. The molecular formula is C21H16ClF3N4O3S. The highest BCUT2D eigenvalue weighted by molar-refractivity contribution is 7.89. The van der Waals surface area contributed by atoms with Crippen LogP contribution in [-0.4, -0.2) is 34.0 Å². The van der Waals surface area contributed by atoms with Gasteiger partial charge in [-0.05, 0) is 17.7 Å². The highest BCUT2D eigenvalue weighted by Gasteiger charge is 2.31. The second-order valence-electron chi connectivity index (χ2n) is 7.11. The Balaban J connectivity index is 2.25. The number of benzene rings is 2. The minimum Gasteiger partial charge on any atom is -0.312 e. The normalized spacial score (nSPS) is 13.7. The maximum atomic E-state index is 13.7. The van der Waals surface area contributed by atoms with Crippen LogP contribution in [0.5, 0.6) is 0 Å². The lowest BCUT2D eigenvalue weighted by Crippen LogP contribution is -2.36. The quantitative estimate of drug-likeness (QED) is 0.426. The van der Waals surface area contributed by atoms with Gasteiger partial charge in [-0.25, -0.2) is 19.0 Å².